The summed E-state index contributed by atoms with van der Waals surface area (Å²) >= 11 is 0. The Bertz CT molecular complexity index is 2680. The van der Waals surface area contributed by atoms with Gasteiger partial charge in [-0.1, -0.05) is 352 Å². The van der Waals surface area contributed by atoms with E-state index in [9.17, 15) is 43.5 Å². The summed E-state index contributed by atoms with van der Waals surface area (Å²) in [5.74, 6) is -1.60. The Balaban J connectivity index is 4.57. The van der Waals surface area contributed by atoms with Crippen molar-refractivity contribution in [2.24, 2.45) is 0 Å². The zero-order chi connectivity index (χ0) is 82.2. The number of allylic oxidation sites excluding steroid dienone is 26. The number of ether oxygens (including phenoxy) is 3. The van der Waals surface area contributed by atoms with E-state index in [0.29, 0.717) is 19.3 Å². The molecule has 0 saturated heterocycles. The number of hydrogen-bond acceptors (Lipinski definition) is 14. The van der Waals surface area contributed by atoms with Gasteiger partial charge in [0.05, 0.1) is 26.4 Å². The summed E-state index contributed by atoms with van der Waals surface area (Å²) in [5, 5.41) is 20.7. The van der Waals surface area contributed by atoms with Crippen molar-refractivity contribution in [2.45, 2.75) is 386 Å². The molecule has 0 aromatic heterocycles. The van der Waals surface area contributed by atoms with Crippen LogP contribution in [0, 0.1) is 0 Å². The van der Waals surface area contributed by atoms with Crippen LogP contribution in [-0.2, 0) is 55.8 Å². The normalized spacial score (nSPS) is 14.6. The van der Waals surface area contributed by atoms with Gasteiger partial charge in [-0.2, -0.15) is 0 Å². The second-order valence-corrected chi connectivity index (χ2v) is 32.6. The molecule has 0 fully saturated rings. The lowest BCUT2D eigenvalue weighted by atomic mass is 10.0. The molecule has 0 radical (unpaired) electrons. The van der Waals surface area contributed by atoms with Crippen LogP contribution >= 0.6 is 15.6 Å². The van der Waals surface area contributed by atoms with Gasteiger partial charge in [-0.25, -0.2) is 9.13 Å². The summed E-state index contributed by atoms with van der Waals surface area (Å²) in [6.07, 6.45) is 110. The summed E-state index contributed by atoms with van der Waals surface area (Å²) in [6, 6.07) is 0. The molecule has 4 N–H and O–H groups in total. The number of carbonyl (C=O) groups excluding carboxylic acids is 3. The van der Waals surface area contributed by atoms with Crippen LogP contribution in [0.2, 0.25) is 0 Å². The first-order chi connectivity index (χ1) is 55.2. The maximum absolute atomic E-state index is 13.0. The van der Waals surface area contributed by atoms with E-state index >= 15 is 0 Å². The quantitative estimate of drug-likeness (QED) is 0.0146. The van der Waals surface area contributed by atoms with Gasteiger partial charge in [0.2, 0.25) is 0 Å². The van der Waals surface area contributed by atoms with E-state index in [1.54, 1.807) is 0 Å². The number of hydrogen-bond donors (Lipinski definition) is 4. The molecule has 0 rings (SSSR count). The highest BCUT2D eigenvalue weighted by Crippen LogP contribution is 2.45. The number of phosphoric acid groups is 2. The summed E-state index contributed by atoms with van der Waals surface area (Å²) in [7, 11) is -9.82. The van der Waals surface area contributed by atoms with Crippen LogP contribution in [0.1, 0.15) is 367 Å². The molecule has 0 aromatic rings. The Labute approximate surface area is 689 Å². The number of phosphoric ester groups is 2. The molecule has 648 valence electrons. The van der Waals surface area contributed by atoms with Gasteiger partial charge < -0.3 is 34.2 Å². The van der Waals surface area contributed by atoms with E-state index in [1.807, 2.05) is 0 Å². The molecule has 0 aliphatic rings. The lowest BCUT2D eigenvalue weighted by Crippen LogP contribution is -2.30. The molecule has 0 heterocycles. The molecule has 0 saturated carbocycles. The second kappa shape index (κ2) is 86.5. The van der Waals surface area contributed by atoms with Crippen molar-refractivity contribution in [1.29, 1.82) is 0 Å². The van der Waals surface area contributed by atoms with Crippen LogP contribution in [-0.4, -0.2) is 95.9 Å². The molecular formula is C95H162O16P2. The van der Waals surface area contributed by atoms with Crippen molar-refractivity contribution in [3.8, 4) is 0 Å². The molecule has 18 heteroatoms. The minimum Gasteiger partial charge on any atom is -0.463 e. The van der Waals surface area contributed by atoms with E-state index in [0.717, 1.165) is 173 Å². The largest absolute Gasteiger partial charge is 0.472 e. The molecule has 0 aliphatic carbocycles. The van der Waals surface area contributed by atoms with Crippen LogP contribution in [0.15, 0.2) is 158 Å². The van der Waals surface area contributed by atoms with Crippen molar-refractivity contribution in [1.82, 2.24) is 0 Å². The summed E-state index contributed by atoms with van der Waals surface area (Å²) in [6.45, 7) is 2.51. The molecule has 0 aromatic carbocycles. The average Bonchev–Trinajstić information content (AvgIpc) is 0.902. The molecule has 113 heavy (non-hydrogen) atoms. The van der Waals surface area contributed by atoms with Crippen LogP contribution in [0.4, 0.5) is 0 Å². The van der Waals surface area contributed by atoms with E-state index in [2.05, 4.69) is 179 Å². The minimum absolute atomic E-state index is 0.0764. The zero-order valence-electron chi connectivity index (χ0n) is 71.3. The molecule has 16 nitrogen and oxygen atoms in total. The number of carbonyl (C=O) groups is 3. The van der Waals surface area contributed by atoms with Crippen LogP contribution in [0.3, 0.4) is 0 Å². The van der Waals surface area contributed by atoms with Gasteiger partial charge in [-0.05, 0) is 154 Å². The highest BCUT2D eigenvalue weighted by Gasteiger charge is 2.29. The van der Waals surface area contributed by atoms with Gasteiger partial charge in [0, 0.05) is 19.3 Å². The van der Waals surface area contributed by atoms with Crippen molar-refractivity contribution < 1.29 is 75.8 Å². The number of aliphatic hydroxyl groups is 2. The van der Waals surface area contributed by atoms with Crippen LogP contribution in [0.5, 0.6) is 0 Å². The Morgan fingerprint density at radius 2 is 0.469 bits per heavy atom. The van der Waals surface area contributed by atoms with Gasteiger partial charge in [0.1, 0.15) is 25.4 Å². The second-order valence-electron chi connectivity index (χ2n) is 29.7. The number of esters is 3. The minimum atomic E-state index is -4.95. The lowest BCUT2D eigenvalue weighted by Gasteiger charge is -2.21. The third-order valence-electron chi connectivity index (χ3n) is 18.7. The summed E-state index contributed by atoms with van der Waals surface area (Å²) in [4.78, 5) is 58.9. The van der Waals surface area contributed by atoms with Crippen molar-refractivity contribution >= 4 is 33.6 Å². The topological polar surface area (TPSA) is 231 Å². The van der Waals surface area contributed by atoms with Gasteiger partial charge in [0.25, 0.3) is 0 Å². The maximum Gasteiger partial charge on any atom is 0.472 e. The van der Waals surface area contributed by atoms with E-state index < -0.39 is 91.5 Å². The predicted molar refractivity (Wildman–Crippen MR) is 472 cm³/mol. The maximum atomic E-state index is 13.0. The predicted octanol–water partition coefficient (Wildman–Crippen LogP) is 27.3. The fourth-order valence-electron chi connectivity index (χ4n) is 11.9. The molecular weight excluding hydrogens is 1460 g/mol. The van der Waals surface area contributed by atoms with Gasteiger partial charge in [-0.3, -0.25) is 32.5 Å². The fraction of sp³-hybridized carbons (Fsp3) is 0.695. The monoisotopic (exact) mass is 1620 g/mol. The van der Waals surface area contributed by atoms with Crippen LogP contribution < -0.4 is 0 Å². The first-order valence-corrected chi connectivity index (χ1v) is 47.8. The summed E-state index contributed by atoms with van der Waals surface area (Å²) in [5.41, 5.74) is 0. The summed E-state index contributed by atoms with van der Waals surface area (Å²) < 4.78 is 61.4. The first-order valence-electron chi connectivity index (χ1n) is 44.8. The average molecular weight is 1620 g/mol. The van der Waals surface area contributed by atoms with E-state index in [1.165, 1.54) is 135 Å². The molecule has 5 unspecified atom stereocenters. The molecule has 0 spiro atoms. The highest BCUT2D eigenvalue weighted by molar-refractivity contribution is 7.47. The standard InChI is InChI=1S/C95H162O16P2/c1-4-7-10-13-16-19-22-25-28-31-34-37-39-40-41-42-43-44-45-46-47-48-50-53-54-57-60-63-66-69-72-75-78-81-93(98)105-84-90(96)85-107-112(101,102)108-86-91(97)87-109-113(103,104)110-89-92(111-95(100)83-80-77-74-71-68-65-62-59-56-51-36-33-30-27-24-21-18-15-12-9-6-3)88-106-94(99)82-79-76-73-70-67-64-61-58-55-52-49-38-35-32-29-26-23-20-17-14-11-8-5-2/h8,11,16-21,25-30,34-38,40-41,51-52,55,59,62,90-92,96-97H,4-7,9-10,12-15,22-24,31-33,39,42-50,53-54,56-58,60-61,63-89H2,1-3H3,(H,101,102)(H,103,104)/b11-8-,19-16-,20-17-,21-18-,28-25-,29-26-,30-27-,37-34-,38-35-,41-40-,51-36-,55-52-,62-59-. The van der Waals surface area contributed by atoms with Gasteiger partial charge in [0.15, 0.2) is 6.10 Å². The van der Waals surface area contributed by atoms with Crippen LogP contribution in [0.25, 0.3) is 0 Å². The van der Waals surface area contributed by atoms with Gasteiger partial charge >= 0.3 is 33.6 Å². The Kier molecular flexibility index (Phi) is 82.8. The SMILES string of the molecule is CC/C=C\C/C=C\C/C=C\C/C=C\C/C=C\CCCCCCCCCC(=O)OCC(COP(=O)(O)OCC(O)COP(=O)(O)OCC(O)COC(=O)CCCCCCCCCCCCCCCCCCC/C=C\C/C=C\C/C=C\C/C=C\CCCCC)OC(=O)CCCCCCC/C=C\C/C=C\C/C=C\C/C=C\CCCCC. The molecule has 5 atom stereocenters. The first kappa shape index (κ1) is 108. The Morgan fingerprint density at radius 3 is 0.743 bits per heavy atom. The van der Waals surface area contributed by atoms with Gasteiger partial charge in [-0.15, -0.1) is 0 Å². The number of unbranched alkanes of at least 4 members (excludes halogenated alkanes) is 35. The number of rotatable bonds is 84. The smallest absolute Gasteiger partial charge is 0.463 e. The number of aliphatic hydroxyl groups excluding tert-OH is 2. The van der Waals surface area contributed by atoms with Crippen molar-refractivity contribution in [3.05, 3.63) is 158 Å². The molecule has 0 aliphatic heterocycles. The highest BCUT2D eigenvalue weighted by atomic mass is 31.2. The Hall–Kier alpha value is -4.83. The lowest BCUT2D eigenvalue weighted by molar-refractivity contribution is -0.161. The third-order valence-corrected chi connectivity index (χ3v) is 20.6. The van der Waals surface area contributed by atoms with Crippen molar-refractivity contribution in [3.63, 3.8) is 0 Å². The Morgan fingerprint density at radius 1 is 0.257 bits per heavy atom. The molecule has 0 amide bonds. The van der Waals surface area contributed by atoms with E-state index in [-0.39, 0.29) is 19.3 Å². The zero-order valence-corrected chi connectivity index (χ0v) is 73.0. The van der Waals surface area contributed by atoms with E-state index in [4.69, 9.17) is 32.3 Å². The van der Waals surface area contributed by atoms with Crippen molar-refractivity contribution in [2.75, 3.05) is 39.6 Å². The molecule has 0 bridgehead atoms. The third kappa shape index (κ3) is 87.8. The fourth-order valence-corrected chi connectivity index (χ4v) is 13.5.